The van der Waals surface area contributed by atoms with E-state index in [-0.39, 0.29) is 17.8 Å². The normalized spacial score (nSPS) is 21.2. The second-order valence-corrected chi connectivity index (χ2v) is 4.41. The van der Waals surface area contributed by atoms with Crippen LogP contribution in [0.15, 0.2) is 18.2 Å². The van der Waals surface area contributed by atoms with Crippen molar-refractivity contribution >= 4 is 0 Å². The first-order chi connectivity index (χ1) is 7.20. The highest BCUT2D eigenvalue weighted by molar-refractivity contribution is 5.30. The van der Waals surface area contributed by atoms with Gasteiger partial charge in [-0.05, 0) is 24.3 Å². The molecule has 1 aliphatic rings. The molecule has 0 spiro atoms. The van der Waals surface area contributed by atoms with Crippen LogP contribution >= 0.6 is 0 Å². The van der Waals surface area contributed by atoms with Crippen LogP contribution in [0.5, 0.6) is 0 Å². The smallest absolute Gasteiger partial charge is 0.132 e. The Labute approximate surface area is 90.3 Å². The third kappa shape index (κ3) is 2.05. The van der Waals surface area contributed by atoms with Gasteiger partial charge in [-0.3, -0.25) is 0 Å². The van der Waals surface area contributed by atoms with Gasteiger partial charge in [-0.25, -0.2) is 4.39 Å². The quantitative estimate of drug-likeness (QED) is 0.718. The van der Waals surface area contributed by atoms with Gasteiger partial charge in [0.1, 0.15) is 5.82 Å². The number of ether oxygens (including phenoxy) is 1. The Balaban J connectivity index is 2.34. The van der Waals surface area contributed by atoms with Crippen LogP contribution < -0.4 is 0 Å². The first kappa shape index (κ1) is 10.6. The summed E-state index contributed by atoms with van der Waals surface area (Å²) in [7, 11) is 0. The van der Waals surface area contributed by atoms with E-state index in [1.807, 2.05) is 32.0 Å². The molecular formula is C13H17FO. The second-order valence-electron chi connectivity index (χ2n) is 4.41. The van der Waals surface area contributed by atoms with E-state index in [4.69, 9.17) is 4.74 Å². The molecule has 0 N–H and O–H groups in total. The van der Waals surface area contributed by atoms with E-state index in [0.29, 0.717) is 0 Å². The van der Waals surface area contributed by atoms with Crippen LogP contribution in [0.2, 0.25) is 0 Å². The van der Waals surface area contributed by atoms with E-state index in [2.05, 4.69) is 0 Å². The van der Waals surface area contributed by atoms with Gasteiger partial charge in [0.25, 0.3) is 0 Å². The van der Waals surface area contributed by atoms with Gasteiger partial charge in [-0.2, -0.15) is 0 Å². The molecule has 0 aromatic heterocycles. The van der Waals surface area contributed by atoms with Gasteiger partial charge in [-0.1, -0.05) is 32.0 Å². The Kier molecular flexibility index (Phi) is 3.06. The van der Waals surface area contributed by atoms with Crippen molar-refractivity contribution in [2.75, 3.05) is 6.61 Å². The first-order valence-corrected chi connectivity index (χ1v) is 5.60. The maximum Gasteiger partial charge on any atom is 0.132 e. The fraction of sp³-hybridized carbons (Fsp3) is 0.538. The van der Waals surface area contributed by atoms with Crippen molar-refractivity contribution in [3.63, 3.8) is 0 Å². The summed E-state index contributed by atoms with van der Waals surface area (Å²) in [4.78, 5) is 0. The Hall–Kier alpha value is -0.890. The molecule has 82 valence electrons. The van der Waals surface area contributed by atoms with Crippen molar-refractivity contribution in [1.82, 2.24) is 0 Å². The molecule has 0 unspecified atom stereocenters. The van der Waals surface area contributed by atoms with Crippen molar-refractivity contribution < 1.29 is 9.13 Å². The molecule has 0 saturated carbocycles. The van der Waals surface area contributed by atoms with E-state index in [0.717, 1.165) is 30.6 Å². The Morgan fingerprint density at radius 2 is 2.20 bits per heavy atom. The fourth-order valence-corrected chi connectivity index (χ4v) is 2.09. The number of benzene rings is 1. The third-order valence-corrected chi connectivity index (χ3v) is 2.96. The molecule has 0 amide bonds. The molecule has 1 atom stereocenters. The minimum atomic E-state index is -0.0700. The zero-order chi connectivity index (χ0) is 10.8. The molecule has 1 aliphatic heterocycles. The second kappa shape index (κ2) is 4.31. The van der Waals surface area contributed by atoms with E-state index in [9.17, 15) is 4.39 Å². The fourth-order valence-electron chi connectivity index (χ4n) is 2.09. The number of rotatable bonds is 2. The largest absolute Gasteiger partial charge is 0.373 e. The summed E-state index contributed by atoms with van der Waals surface area (Å²) in [5, 5.41) is 0. The lowest BCUT2D eigenvalue weighted by atomic mass is 9.97. The number of hydrogen-bond donors (Lipinski definition) is 0. The van der Waals surface area contributed by atoms with E-state index < -0.39 is 0 Å². The van der Waals surface area contributed by atoms with Crippen LogP contribution in [0.1, 0.15) is 49.8 Å². The van der Waals surface area contributed by atoms with Gasteiger partial charge >= 0.3 is 0 Å². The summed E-state index contributed by atoms with van der Waals surface area (Å²) in [6.07, 6.45) is 1.96. The minimum Gasteiger partial charge on any atom is -0.373 e. The zero-order valence-corrected chi connectivity index (χ0v) is 9.29. The summed E-state index contributed by atoms with van der Waals surface area (Å²) in [5.41, 5.74) is 1.53. The van der Waals surface area contributed by atoms with Crippen molar-refractivity contribution in [3.8, 4) is 0 Å². The van der Waals surface area contributed by atoms with Crippen LogP contribution in [-0.2, 0) is 4.74 Å². The third-order valence-electron chi connectivity index (χ3n) is 2.96. The molecule has 1 aromatic rings. The summed E-state index contributed by atoms with van der Waals surface area (Å²) < 4.78 is 19.6. The van der Waals surface area contributed by atoms with Crippen LogP contribution in [-0.4, -0.2) is 6.61 Å². The van der Waals surface area contributed by atoms with Crippen molar-refractivity contribution in [2.24, 2.45) is 0 Å². The monoisotopic (exact) mass is 208 g/mol. The highest BCUT2D eigenvalue weighted by Gasteiger charge is 2.22. The molecule has 1 fully saturated rings. The average Bonchev–Trinajstić information content (AvgIpc) is 2.70. The zero-order valence-electron chi connectivity index (χ0n) is 9.29. The Morgan fingerprint density at radius 1 is 1.40 bits per heavy atom. The van der Waals surface area contributed by atoms with Crippen molar-refractivity contribution in [1.29, 1.82) is 0 Å². The molecule has 1 saturated heterocycles. The van der Waals surface area contributed by atoms with Crippen molar-refractivity contribution in [2.45, 2.75) is 38.7 Å². The number of hydrogen-bond acceptors (Lipinski definition) is 1. The lowest BCUT2D eigenvalue weighted by molar-refractivity contribution is 0.109. The molecule has 0 radical (unpaired) electrons. The molecule has 1 nitrogen and oxygen atoms in total. The predicted molar refractivity (Wildman–Crippen MR) is 58.4 cm³/mol. The molecule has 1 heterocycles. The lowest BCUT2D eigenvalue weighted by Crippen LogP contribution is -2.03. The highest BCUT2D eigenvalue weighted by Crippen LogP contribution is 2.32. The Morgan fingerprint density at radius 3 is 2.80 bits per heavy atom. The summed E-state index contributed by atoms with van der Waals surface area (Å²) >= 11 is 0. The summed E-state index contributed by atoms with van der Waals surface area (Å²) in [6.45, 7) is 4.78. The average molecular weight is 208 g/mol. The lowest BCUT2D eigenvalue weighted by Gasteiger charge is -2.15. The first-order valence-electron chi connectivity index (χ1n) is 5.60. The van der Waals surface area contributed by atoms with Crippen molar-refractivity contribution in [3.05, 3.63) is 35.1 Å². The number of halogens is 1. The molecule has 2 rings (SSSR count). The topological polar surface area (TPSA) is 9.23 Å². The summed E-state index contributed by atoms with van der Waals surface area (Å²) in [6, 6.07) is 5.63. The molecule has 1 aromatic carbocycles. The van der Waals surface area contributed by atoms with Gasteiger partial charge in [0.05, 0.1) is 6.10 Å². The highest BCUT2D eigenvalue weighted by atomic mass is 19.1. The molecular weight excluding hydrogens is 191 g/mol. The minimum absolute atomic E-state index is 0.0244. The van der Waals surface area contributed by atoms with Crippen LogP contribution in [0.4, 0.5) is 4.39 Å². The predicted octanol–water partition coefficient (Wildman–Crippen LogP) is 3.80. The SMILES string of the molecule is CC(C)c1cccc([C@H]2CCCO2)c1F. The van der Waals surface area contributed by atoms with E-state index in [1.54, 1.807) is 0 Å². The maximum atomic E-state index is 14.1. The van der Waals surface area contributed by atoms with E-state index in [1.165, 1.54) is 0 Å². The maximum absolute atomic E-state index is 14.1. The van der Waals surface area contributed by atoms with Gasteiger partial charge in [-0.15, -0.1) is 0 Å². The van der Waals surface area contributed by atoms with E-state index >= 15 is 0 Å². The molecule has 15 heavy (non-hydrogen) atoms. The van der Waals surface area contributed by atoms with Gasteiger partial charge < -0.3 is 4.74 Å². The van der Waals surface area contributed by atoms with Crippen LogP contribution in [0.3, 0.4) is 0 Å². The van der Waals surface area contributed by atoms with Gasteiger partial charge in [0.2, 0.25) is 0 Å². The van der Waals surface area contributed by atoms with Gasteiger partial charge in [0, 0.05) is 12.2 Å². The molecule has 0 aliphatic carbocycles. The molecule has 2 heteroatoms. The molecule has 0 bridgehead atoms. The standard InChI is InChI=1S/C13H17FO/c1-9(2)10-5-3-6-11(13(10)14)12-7-4-8-15-12/h3,5-6,9,12H,4,7-8H2,1-2H3/t12-/m1/s1. The van der Waals surface area contributed by atoms with Crippen LogP contribution in [0.25, 0.3) is 0 Å². The summed E-state index contributed by atoms with van der Waals surface area (Å²) in [5.74, 6) is 0.158. The van der Waals surface area contributed by atoms with Gasteiger partial charge in [0.15, 0.2) is 0 Å². The Bertz CT molecular complexity index is 340. The van der Waals surface area contributed by atoms with Crippen LogP contribution in [0, 0.1) is 5.82 Å².